The minimum Gasteiger partial charge on any atom is -0.395 e. The number of nitrogens with zero attached hydrogens (tertiary/aromatic N) is 3. The summed E-state index contributed by atoms with van der Waals surface area (Å²) in [4.78, 5) is 4.89. The Labute approximate surface area is 100 Å². The van der Waals surface area contributed by atoms with Gasteiger partial charge in [0.2, 0.25) is 11.0 Å². The molecule has 0 saturated carbocycles. The Bertz CT molecular complexity index is 345. The molecule has 0 aromatic carbocycles. The van der Waals surface area contributed by atoms with Crippen molar-refractivity contribution >= 4 is 16.7 Å². The molecule has 0 fully saturated rings. The lowest BCUT2D eigenvalue weighted by atomic mass is 10.5. The average Bonchev–Trinajstić information content (AvgIpc) is 2.72. The van der Waals surface area contributed by atoms with E-state index in [1.54, 1.807) is 0 Å². The lowest BCUT2D eigenvalue weighted by Crippen LogP contribution is -2.30. The summed E-state index contributed by atoms with van der Waals surface area (Å²) in [7, 11) is 1.48. The molecule has 1 N–H and O–H groups in total. The lowest BCUT2D eigenvalue weighted by Gasteiger charge is -2.19. The minimum absolute atomic E-state index is 0.128. The quantitative estimate of drug-likeness (QED) is 0.836. The highest BCUT2D eigenvalue weighted by molar-refractivity contribution is 7.09. The van der Waals surface area contributed by atoms with Crippen LogP contribution in [0.1, 0.15) is 5.82 Å². The summed E-state index contributed by atoms with van der Waals surface area (Å²) in [6.45, 7) is 0.699. The number of hydrogen-bond donors (Lipinski definition) is 1. The molecule has 1 rings (SSSR count). The normalized spacial score (nSPS) is 11.8. The second-order valence-electron chi connectivity index (χ2n) is 3.10. The molecule has 0 bridgehead atoms. The van der Waals surface area contributed by atoms with Crippen LogP contribution in [0.3, 0.4) is 0 Å². The SMILES string of the molecule is COCCN(CCO)c1nc(C(F)(F)F)ns1. The summed E-state index contributed by atoms with van der Waals surface area (Å²) in [5, 5.41) is 8.94. The fourth-order valence-corrected chi connectivity index (χ4v) is 1.82. The van der Waals surface area contributed by atoms with Crippen molar-refractivity contribution in [3.8, 4) is 0 Å². The van der Waals surface area contributed by atoms with Crippen molar-refractivity contribution in [2.24, 2.45) is 0 Å². The third-order valence-electron chi connectivity index (χ3n) is 1.87. The van der Waals surface area contributed by atoms with E-state index in [2.05, 4.69) is 9.36 Å². The monoisotopic (exact) mass is 271 g/mol. The molecule has 0 unspecified atom stereocenters. The number of methoxy groups -OCH3 is 1. The molecule has 0 radical (unpaired) electrons. The van der Waals surface area contributed by atoms with Gasteiger partial charge < -0.3 is 14.7 Å². The van der Waals surface area contributed by atoms with Crippen LogP contribution in [0.4, 0.5) is 18.3 Å². The van der Waals surface area contributed by atoms with Crippen molar-refractivity contribution in [2.75, 3.05) is 38.3 Å². The highest BCUT2D eigenvalue weighted by Crippen LogP contribution is 2.30. The standard InChI is InChI=1S/C8H12F3N3O2S/c1-16-5-3-14(2-4-15)7-12-6(13-17-7)8(9,10)11/h15H,2-5H2,1H3. The van der Waals surface area contributed by atoms with Crippen LogP contribution in [0.2, 0.25) is 0 Å². The van der Waals surface area contributed by atoms with Gasteiger partial charge in [-0.25, -0.2) is 0 Å². The molecule has 0 aliphatic rings. The molecule has 0 aliphatic carbocycles. The maximum atomic E-state index is 12.3. The van der Waals surface area contributed by atoms with Crippen molar-refractivity contribution in [3.63, 3.8) is 0 Å². The van der Waals surface area contributed by atoms with Crippen molar-refractivity contribution < 1.29 is 23.0 Å². The fraction of sp³-hybridized carbons (Fsp3) is 0.750. The number of hydrogen-bond acceptors (Lipinski definition) is 6. The van der Waals surface area contributed by atoms with Gasteiger partial charge in [0, 0.05) is 31.7 Å². The number of aliphatic hydroxyl groups is 1. The molecule has 1 aromatic heterocycles. The zero-order chi connectivity index (χ0) is 12.9. The van der Waals surface area contributed by atoms with Gasteiger partial charge in [0.25, 0.3) is 0 Å². The summed E-state index contributed by atoms with van der Waals surface area (Å²) in [6, 6.07) is 0. The maximum Gasteiger partial charge on any atom is 0.452 e. The van der Waals surface area contributed by atoms with Gasteiger partial charge in [-0.2, -0.15) is 22.5 Å². The van der Waals surface area contributed by atoms with Gasteiger partial charge in [-0.05, 0) is 0 Å². The number of anilines is 1. The van der Waals surface area contributed by atoms with E-state index in [-0.39, 0.29) is 18.3 Å². The van der Waals surface area contributed by atoms with E-state index in [4.69, 9.17) is 9.84 Å². The van der Waals surface area contributed by atoms with Gasteiger partial charge in [-0.3, -0.25) is 0 Å². The number of aromatic nitrogens is 2. The highest BCUT2D eigenvalue weighted by atomic mass is 32.1. The molecule has 0 amide bonds. The van der Waals surface area contributed by atoms with E-state index in [1.807, 2.05) is 0 Å². The van der Waals surface area contributed by atoms with E-state index in [9.17, 15) is 13.2 Å². The third-order valence-corrected chi connectivity index (χ3v) is 2.65. The van der Waals surface area contributed by atoms with E-state index >= 15 is 0 Å². The number of halogens is 3. The first-order chi connectivity index (χ1) is 7.99. The molecule has 0 spiro atoms. The second-order valence-corrected chi connectivity index (χ2v) is 3.83. The Balaban J connectivity index is 2.76. The van der Waals surface area contributed by atoms with Crippen LogP contribution in [0.15, 0.2) is 0 Å². The van der Waals surface area contributed by atoms with E-state index in [0.29, 0.717) is 24.7 Å². The van der Waals surface area contributed by atoms with E-state index in [0.717, 1.165) is 0 Å². The molecule has 98 valence electrons. The number of ether oxygens (including phenoxy) is 1. The smallest absolute Gasteiger partial charge is 0.395 e. The Morgan fingerprint density at radius 3 is 2.59 bits per heavy atom. The van der Waals surface area contributed by atoms with Crippen LogP contribution >= 0.6 is 11.5 Å². The van der Waals surface area contributed by atoms with Crippen molar-refractivity contribution in [3.05, 3.63) is 5.82 Å². The van der Waals surface area contributed by atoms with Gasteiger partial charge in [0.1, 0.15) is 0 Å². The Kier molecular flexibility index (Phi) is 5.09. The maximum absolute atomic E-state index is 12.3. The molecular formula is C8H12F3N3O2S. The predicted octanol–water partition coefficient (Wildman–Crippen LogP) is 1.00. The van der Waals surface area contributed by atoms with Crippen molar-refractivity contribution in [1.82, 2.24) is 9.36 Å². The lowest BCUT2D eigenvalue weighted by molar-refractivity contribution is -0.144. The minimum atomic E-state index is -4.54. The Morgan fingerprint density at radius 2 is 2.12 bits per heavy atom. The first-order valence-corrected chi connectivity index (χ1v) is 5.52. The molecular weight excluding hydrogens is 259 g/mol. The van der Waals surface area contributed by atoms with E-state index < -0.39 is 12.0 Å². The zero-order valence-corrected chi connectivity index (χ0v) is 9.88. The largest absolute Gasteiger partial charge is 0.452 e. The zero-order valence-electron chi connectivity index (χ0n) is 9.07. The number of alkyl halides is 3. The van der Waals surface area contributed by atoms with Crippen molar-refractivity contribution in [1.29, 1.82) is 0 Å². The Hall–Kier alpha value is -0.930. The summed E-state index contributed by atoms with van der Waals surface area (Å²) < 4.78 is 44.9. The van der Waals surface area contributed by atoms with Crippen LogP contribution in [0.25, 0.3) is 0 Å². The molecule has 9 heteroatoms. The highest BCUT2D eigenvalue weighted by Gasteiger charge is 2.36. The summed E-state index contributed by atoms with van der Waals surface area (Å²) in [6.07, 6.45) is -4.54. The van der Waals surface area contributed by atoms with Gasteiger partial charge >= 0.3 is 6.18 Å². The van der Waals surface area contributed by atoms with Gasteiger partial charge in [-0.15, -0.1) is 0 Å². The molecule has 1 heterocycles. The van der Waals surface area contributed by atoms with Gasteiger partial charge in [0.15, 0.2) is 0 Å². The molecule has 0 atom stereocenters. The third kappa shape index (κ3) is 4.10. The first kappa shape index (κ1) is 14.1. The van der Waals surface area contributed by atoms with Crippen LogP contribution in [0.5, 0.6) is 0 Å². The summed E-state index contributed by atoms with van der Waals surface area (Å²) in [5.74, 6) is -1.15. The summed E-state index contributed by atoms with van der Waals surface area (Å²) in [5.41, 5.74) is 0. The van der Waals surface area contributed by atoms with Crippen molar-refractivity contribution in [2.45, 2.75) is 6.18 Å². The molecule has 5 nitrogen and oxygen atoms in total. The fourth-order valence-electron chi connectivity index (χ4n) is 1.08. The van der Waals surface area contributed by atoms with Crippen LogP contribution in [-0.2, 0) is 10.9 Å². The van der Waals surface area contributed by atoms with Crippen LogP contribution < -0.4 is 4.90 Å². The molecule has 17 heavy (non-hydrogen) atoms. The molecule has 0 aliphatic heterocycles. The number of aliphatic hydroxyl groups excluding tert-OH is 1. The van der Waals surface area contributed by atoms with E-state index in [1.165, 1.54) is 12.0 Å². The van der Waals surface area contributed by atoms with Crippen LogP contribution in [0, 0.1) is 0 Å². The first-order valence-electron chi connectivity index (χ1n) is 4.74. The topological polar surface area (TPSA) is 58.5 Å². The van der Waals surface area contributed by atoms with Gasteiger partial charge in [0.05, 0.1) is 13.2 Å². The predicted molar refractivity (Wildman–Crippen MR) is 56.1 cm³/mol. The number of rotatable bonds is 6. The molecule has 1 aromatic rings. The molecule has 0 saturated heterocycles. The van der Waals surface area contributed by atoms with Gasteiger partial charge in [-0.1, -0.05) is 0 Å². The Morgan fingerprint density at radius 1 is 1.41 bits per heavy atom. The second kappa shape index (κ2) is 6.12. The summed E-state index contributed by atoms with van der Waals surface area (Å²) >= 11 is 0.653. The van der Waals surface area contributed by atoms with Crippen LogP contribution in [-0.4, -0.2) is 47.9 Å². The average molecular weight is 271 g/mol.